The second kappa shape index (κ2) is 8.00. The number of carbonyl (C=O) groups is 1. The molecule has 1 amide bonds. The number of aromatic nitrogens is 3. The monoisotopic (exact) mass is 440 g/mol. The summed E-state index contributed by atoms with van der Waals surface area (Å²) < 4.78 is 26.0. The number of anilines is 1. The predicted octanol–water partition coefficient (Wildman–Crippen LogP) is 3.76. The Kier molecular flexibility index (Phi) is 5.40. The third-order valence-electron chi connectivity index (χ3n) is 4.71. The van der Waals surface area contributed by atoms with E-state index in [1.54, 1.807) is 18.3 Å². The van der Waals surface area contributed by atoms with Crippen molar-refractivity contribution in [3.63, 3.8) is 0 Å². The summed E-state index contributed by atoms with van der Waals surface area (Å²) in [6.45, 7) is 2.58. The molecule has 0 bridgehead atoms. The van der Waals surface area contributed by atoms with Gasteiger partial charge in [-0.05, 0) is 30.2 Å². The lowest BCUT2D eigenvalue weighted by Crippen LogP contribution is -2.14. The first kappa shape index (κ1) is 20.2. The first-order valence-corrected chi connectivity index (χ1v) is 12.1. The van der Waals surface area contributed by atoms with Gasteiger partial charge in [-0.2, -0.15) is 5.10 Å². The van der Waals surface area contributed by atoms with Gasteiger partial charge in [0.05, 0.1) is 39.1 Å². The Bertz CT molecular complexity index is 1330. The second-order valence-electron chi connectivity index (χ2n) is 6.88. The van der Waals surface area contributed by atoms with Crippen LogP contribution in [0, 0.1) is 0 Å². The number of sulfone groups is 1. The molecule has 0 saturated heterocycles. The number of rotatable bonds is 6. The molecule has 0 spiro atoms. The van der Waals surface area contributed by atoms with Gasteiger partial charge in [0.25, 0.3) is 5.91 Å². The van der Waals surface area contributed by atoms with Crippen molar-refractivity contribution in [3.8, 4) is 0 Å². The van der Waals surface area contributed by atoms with E-state index in [4.69, 9.17) is 0 Å². The van der Waals surface area contributed by atoms with Crippen molar-refractivity contribution < 1.29 is 13.2 Å². The Hall–Kier alpha value is -3.04. The van der Waals surface area contributed by atoms with Crippen molar-refractivity contribution in [1.29, 1.82) is 0 Å². The summed E-state index contributed by atoms with van der Waals surface area (Å²) in [4.78, 5) is 17.5. The van der Waals surface area contributed by atoms with Gasteiger partial charge in [0.2, 0.25) is 0 Å². The molecule has 2 aromatic carbocycles. The number of nitrogens with zero attached hydrogens (tertiary/aromatic N) is 3. The summed E-state index contributed by atoms with van der Waals surface area (Å²) >= 11 is 1.24. The van der Waals surface area contributed by atoms with Crippen molar-refractivity contribution >= 4 is 42.4 Å². The highest BCUT2D eigenvalue weighted by Crippen LogP contribution is 2.28. The van der Waals surface area contributed by atoms with Gasteiger partial charge in [-0.3, -0.25) is 14.8 Å². The molecule has 0 unspecified atom stereocenters. The van der Waals surface area contributed by atoms with E-state index in [-0.39, 0.29) is 10.8 Å². The van der Waals surface area contributed by atoms with Crippen LogP contribution in [0.2, 0.25) is 0 Å². The number of hydrogen-bond donors (Lipinski definition) is 1. The van der Waals surface area contributed by atoms with Gasteiger partial charge in [-0.1, -0.05) is 48.6 Å². The molecule has 2 aromatic heterocycles. The third kappa shape index (κ3) is 4.12. The maximum absolute atomic E-state index is 12.9. The Morgan fingerprint density at radius 1 is 1.17 bits per heavy atom. The number of carbonyl (C=O) groups excluding carboxylic acids is 1. The number of benzene rings is 2. The van der Waals surface area contributed by atoms with Gasteiger partial charge >= 0.3 is 0 Å². The van der Waals surface area contributed by atoms with Crippen LogP contribution < -0.4 is 5.32 Å². The SMILES string of the molecule is CCc1c(C(=O)Nc2nc3ccc(S(C)(=O)=O)cc3s2)cnn1Cc1ccccc1. The van der Waals surface area contributed by atoms with Crippen LogP contribution in [0.15, 0.2) is 59.6 Å². The maximum Gasteiger partial charge on any atom is 0.260 e. The number of fused-ring (bicyclic) bond motifs is 1. The molecular weight excluding hydrogens is 420 g/mol. The van der Waals surface area contributed by atoms with E-state index in [1.165, 1.54) is 17.4 Å². The molecule has 30 heavy (non-hydrogen) atoms. The molecule has 0 aliphatic rings. The quantitative estimate of drug-likeness (QED) is 0.493. The minimum Gasteiger partial charge on any atom is -0.298 e. The van der Waals surface area contributed by atoms with E-state index in [0.29, 0.717) is 33.9 Å². The zero-order chi connectivity index (χ0) is 21.3. The number of nitrogens with one attached hydrogen (secondary N) is 1. The molecule has 4 rings (SSSR count). The third-order valence-corrected chi connectivity index (χ3v) is 6.76. The average Bonchev–Trinajstić information content (AvgIpc) is 3.30. The Morgan fingerprint density at radius 3 is 2.63 bits per heavy atom. The largest absolute Gasteiger partial charge is 0.298 e. The smallest absolute Gasteiger partial charge is 0.260 e. The van der Waals surface area contributed by atoms with E-state index in [1.807, 2.05) is 41.9 Å². The molecule has 0 radical (unpaired) electrons. The van der Waals surface area contributed by atoms with E-state index in [0.717, 1.165) is 17.5 Å². The molecule has 0 fully saturated rings. The average molecular weight is 441 g/mol. The lowest BCUT2D eigenvalue weighted by molar-refractivity contribution is 0.102. The fraction of sp³-hybridized carbons (Fsp3) is 0.190. The van der Waals surface area contributed by atoms with E-state index in [2.05, 4.69) is 15.4 Å². The molecular formula is C21H20N4O3S2. The zero-order valence-electron chi connectivity index (χ0n) is 16.5. The highest BCUT2D eigenvalue weighted by molar-refractivity contribution is 7.90. The minimum atomic E-state index is -3.30. The van der Waals surface area contributed by atoms with E-state index in [9.17, 15) is 13.2 Å². The van der Waals surface area contributed by atoms with Crippen LogP contribution in [0.1, 0.15) is 28.5 Å². The van der Waals surface area contributed by atoms with Crippen LogP contribution in [-0.4, -0.2) is 35.3 Å². The highest BCUT2D eigenvalue weighted by Gasteiger charge is 2.18. The standard InChI is InChI=1S/C21H20N4O3S2/c1-3-18-16(12-22-25(18)13-14-7-5-4-6-8-14)20(26)24-21-23-17-10-9-15(30(2,27)28)11-19(17)29-21/h4-12H,3,13H2,1-2H3,(H,23,24,26). The Morgan fingerprint density at radius 2 is 1.93 bits per heavy atom. The van der Waals surface area contributed by atoms with Crippen LogP contribution >= 0.6 is 11.3 Å². The number of hydrogen-bond acceptors (Lipinski definition) is 6. The Balaban J connectivity index is 1.58. The summed E-state index contributed by atoms with van der Waals surface area (Å²) in [7, 11) is -3.30. The first-order chi connectivity index (χ1) is 14.3. The van der Waals surface area contributed by atoms with Gasteiger partial charge in [0.1, 0.15) is 0 Å². The van der Waals surface area contributed by atoms with Crippen LogP contribution in [-0.2, 0) is 22.8 Å². The van der Waals surface area contributed by atoms with Crippen molar-refractivity contribution in [2.45, 2.75) is 24.8 Å². The van der Waals surface area contributed by atoms with E-state index >= 15 is 0 Å². The normalized spacial score (nSPS) is 11.7. The molecule has 4 aromatic rings. The van der Waals surface area contributed by atoms with Crippen molar-refractivity contribution in [2.75, 3.05) is 11.6 Å². The summed E-state index contributed by atoms with van der Waals surface area (Å²) in [6, 6.07) is 14.7. The lowest BCUT2D eigenvalue weighted by Gasteiger charge is -2.08. The molecule has 7 nitrogen and oxygen atoms in total. The lowest BCUT2D eigenvalue weighted by atomic mass is 10.2. The fourth-order valence-electron chi connectivity index (χ4n) is 3.22. The van der Waals surface area contributed by atoms with Crippen LogP contribution in [0.5, 0.6) is 0 Å². The summed E-state index contributed by atoms with van der Waals surface area (Å²) in [5, 5.41) is 7.64. The van der Waals surface area contributed by atoms with Gasteiger partial charge in [0, 0.05) is 6.26 Å². The minimum absolute atomic E-state index is 0.229. The maximum atomic E-state index is 12.9. The summed E-state index contributed by atoms with van der Waals surface area (Å²) in [6.07, 6.45) is 3.40. The molecule has 2 heterocycles. The molecule has 0 aliphatic carbocycles. The number of thiazole rings is 1. The van der Waals surface area contributed by atoms with Crippen molar-refractivity contribution in [2.24, 2.45) is 0 Å². The molecule has 0 atom stereocenters. The summed E-state index contributed by atoms with van der Waals surface area (Å²) in [5.41, 5.74) is 3.09. The Labute approximate surface area is 178 Å². The van der Waals surface area contributed by atoms with Crippen molar-refractivity contribution in [1.82, 2.24) is 14.8 Å². The summed E-state index contributed by atoms with van der Waals surface area (Å²) in [5.74, 6) is -0.284. The van der Waals surface area contributed by atoms with Crippen LogP contribution in [0.25, 0.3) is 10.2 Å². The predicted molar refractivity (Wildman–Crippen MR) is 118 cm³/mol. The topological polar surface area (TPSA) is 93.9 Å². The van der Waals surface area contributed by atoms with Gasteiger partial charge in [0.15, 0.2) is 15.0 Å². The van der Waals surface area contributed by atoms with Crippen LogP contribution in [0.4, 0.5) is 5.13 Å². The second-order valence-corrected chi connectivity index (χ2v) is 9.92. The molecule has 1 N–H and O–H groups in total. The molecule has 9 heteroatoms. The molecule has 0 saturated carbocycles. The molecule has 154 valence electrons. The zero-order valence-corrected chi connectivity index (χ0v) is 18.1. The van der Waals surface area contributed by atoms with Gasteiger partial charge < -0.3 is 0 Å². The molecule has 0 aliphatic heterocycles. The fourth-order valence-corrected chi connectivity index (χ4v) is 4.84. The van der Waals surface area contributed by atoms with E-state index < -0.39 is 9.84 Å². The number of amides is 1. The first-order valence-electron chi connectivity index (χ1n) is 9.35. The van der Waals surface area contributed by atoms with Gasteiger partial charge in [-0.25, -0.2) is 13.4 Å². The van der Waals surface area contributed by atoms with Crippen LogP contribution in [0.3, 0.4) is 0 Å². The highest BCUT2D eigenvalue weighted by atomic mass is 32.2. The van der Waals surface area contributed by atoms with Crippen molar-refractivity contribution in [3.05, 3.63) is 71.5 Å². The van der Waals surface area contributed by atoms with Gasteiger partial charge in [-0.15, -0.1) is 0 Å².